The highest BCUT2D eigenvalue weighted by Crippen LogP contribution is 2.31. The van der Waals surface area contributed by atoms with Gasteiger partial charge in [0.15, 0.2) is 5.78 Å². The van der Waals surface area contributed by atoms with Crippen LogP contribution < -0.4 is 10.1 Å². The number of carbonyl (C=O) groups is 1. The molecule has 1 aromatic rings. The predicted molar refractivity (Wildman–Crippen MR) is 85.3 cm³/mol. The second-order valence-corrected chi connectivity index (χ2v) is 6.21. The van der Waals surface area contributed by atoms with Gasteiger partial charge in [-0.3, -0.25) is 9.69 Å². The van der Waals surface area contributed by atoms with Crippen molar-refractivity contribution in [3.63, 3.8) is 0 Å². The largest absolute Gasteiger partial charge is 0.496 e. The fourth-order valence-corrected chi connectivity index (χ4v) is 2.93. The summed E-state index contributed by atoms with van der Waals surface area (Å²) in [5.41, 5.74) is 2.35. The van der Waals surface area contributed by atoms with Gasteiger partial charge in [0.2, 0.25) is 0 Å². The van der Waals surface area contributed by atoms with Gasteiger partial charge in [0.05, 0.1) is 18.2 Å². The molecule has 0 radical (unpaired) electrons. The Bertz CT molecular complexity index is 532. The molecule has 0 atom stereocenters. The van der Waals surface area contributed by atoms with Crippen molar-refractivity contribution in [1.29, 1.82) is 0 Å². The minimum atomic E-state index is -0.517. The summed E-state index contributed by atoms with van der Waals surface area (Å²) in [6, 6.07) is 3.90. The SMILES string of the molecule is COc1c(C(=O)C(C)(C)N2CCNCC2)ccc(C)c1C. The summed E-state index contributed by atoms with van der Waals surface area (Å²) in [4.78, 5) is 15.3. The molecule has 1 saturated heterocycles. The highest BCUT2D eigenvalue weighted by Gasteiger charge is 2.37. The number of ketones is 1. The van der Waals surface area contributed by atoms with Crippen molar-refractivity contribution in [2.24, 2.45) is 0 Å². The molecule has 1 fully saturated rings. The molecule has 0 amide bonds. The number of benzene rings is 1. The molecule has 0 aromatic heterocycles. The van der Waals surface area contributed by atoms with E-state index in [9.17, 15) is 4.79 Å². The molecular formula is C17H26N2O2. The highest BCUT2D eigenvalue weighted by atomic mass is 16.5. The Morgan fingerprint density at radius 3 is 2.43 bits per heavy atom. The van der Waals surface area contributed by atoms with E-state index < -0.39 is 5.54 Å². The number of methoxy groups -OCH3 is 1. The molecule has 116 valence electrons. The van der Waals surface area contributed by atoms with Crippen LogP contribution >= 0.6 is 0 Å². The molecule has 2 rings (SSSR count). The number of rotatable bonds is 4. The zero-order valence-corrected chi connectivity index (χ0v) is 13.7. The number of ether oxygens (including phenoxy) is 1. The van der Waals surface area contributed by atoms with E-state index in [0.29, 0.717) is 11.3 Å². The first kappa shape index (κ1) is 16.0. The first-order chi connectivity index (χ1) is 9.89. The van der Waals surface area contributed by atoms with Gasteiger partial charge in [-0.2, -0.15) is 0 Å². The third-order valence-electron chi connectivity index (χ3n) is 4.59. The van der Waals surface area contributed by atoms with Crippen molar-refractivity contribution in [3.8, 4) is 5.75 Å². The molecule has 4 nitrogen and oxygen atoms in total. The summed E-state index contributed by atoms with van der Waals surface area (Å²) < 4.78 is 5.51. The maximum atomic E-state index is 13.1. The van der Waals surface area contributed by atoms with E-state index in [-0.39, 0.29) is 5.78 Å². The average Bonchev–Trinajstić information content (AvgIpc) is 2.50. The van der Waals surface area contributed by atoms with Crippen molar-refractivity contribution < 1.29 is 9.53 Å². The minimum Gasteiger partial charge on any atom is -0.496 e. The summed E-state index contributed by atoms with van der Waals surface area (Å²) in [6.07, 6.45) is 0. The van der Waals surface area contributed by atoms with E-state index in [4.69, 9.17) is 4.74 Å². The van der Waals surface area contributed by atoms with Crippen LogP contribution in [0.15, 0.2) is 12.1 Å². The summed E-state index contributed by atoms with van der Waals surface area (Å²) >= 11 is 0. The van der Waals surface area contributed by atoms with Gasteiger partial charge >= 0.3 is 0 Å². The van der Waals surface area contributed by atoms with Crippen LogP contribution in [0.25, 0.3) is 0 Å². The molecular weight excluding hydrogens is 264 g/mol. The molecule has 0 unspecified atom stereocenters. The molecule has 0 saturated carbocycles. The highest BCUT2D eigenvalue weighted by molar-refractivity contribution is 6.05. The fourth-order valence-electron chi connectivity index (χ4n) is 2.93. The number of aryl methyl sites for hydroxylation is 1. The first-order valence-electron chi connectivity index (χ1n) is 7.54. The molecule has 21 heavy (non-hydrogen) atoms. The molecule has 1 heterocycles. The summed E-state index contributed by atoms with van der Waals surface area (Å²) in [7, 11) is 1.64. The van der Waals surface area contributed by atoms with E-state index in [1.54, 1.807) is 7.11 Å². The summed E-state index contributed by atoms with van der Waals surface area (Å²) in [5.74, 6) is 0.840. The molecule has 1 aliphatic rings. The van der Waals surface area contributed by atoms with Crippen LogP contribution in [0.3, 0.4) is 0 Å². The molecule has 0 spiro atoms. The predicted octanol–water partition coefficient (Wildman–Crippen LogP) is 2.18. The Morgan fingerprint density at radius 1 is 1.24 bits per heavy atom. The molecule has 0 bridgehead atoms. The van der Waals surface area contributed by atoms with E-state index in [0.717, 1.165) is 37.3 Å². The van der Waals surface area contributed by atoms with E-state index in [1.165, 1.54) is 0 Å². The van der Waals surface area contributed by atoms with Gasteiger partial charge in [0.25, 0.3) is 0 Å². The topological polar surface area (TPSA) is 41.6 Å². The van der Waals surface area contributed by atoms with Crippen molar-refractivity contribution in [1.82, 2.24) is 10.2 Å². The lowest BCUT2D eigenvalue weighted by molar-refractivity contribution is 0.0599. The lowest BCUT2D eigenvalue weighted by Crippen LogP contribution is -2.57. The van der Waals surface area contributed by atoms with Crippen LogP contribution in [0, 0.1) is 13.8 Å². The van der Waals surface area contributed by atoms with Gasteiger partial charge in [-0.15, -0.1) is 0 Å². The van der Waals surface area contributed by atoms with Crippen LogP contribution in [-0.4, -0.2) is 49.5 Å². The third kappa shape index (κ3) is 2.97. The molecule has 4 heteroatoms. The smallest absolute Gasteiger partial charge is 0.186 e. The number of nitrogens with zero attached hydrogens (tertiary/aromatic N) is 1. The molecule has 1 aliphatic heterocycles. The third-order valence-corrected chi connectivity index (χ3v) is 4.59. The van der Waals surface area contributed by atoms with Gasteiger partial charge in [-0.1, -0.05) is 6.07 Å². The van der Waals surface area contributed by atoms with Gasteiger partial charge < -0.3 is 10.1 Å². The summed E-state index contributed by atoms with van der Waals surface area (Å²) in [5, 5.41) is 3.33. The quantitative estimate of drug-likeness (QED) is 0.863. The number of hydrogen-bond acceptors (Lipinski definition) is 4. The minimum absolute atomic E-state index is 0.129. The van der Waals surface area contributed by atoms with Crippen LogP contribution in [-0.2, 0) is 0 Å². The second kappa shape index (κ2) is 6.16. The Balaban J connectivity index is 2.36. The van der Waals surface area contributed by atoms with Gasteiger partial charge in [-0.05, 0) is 44.9 Å². The Kier molecular flexibility index (Phi) is 4.69. The van der Waals surface area contributed by atoms with Crippen LogP contribution in [0.5, 0.6) is 5.75 Å². The monoisotopic (exact) mass is 290 g/mol. The number of hydrogen-bond donors (Lipinski definition) is 1. The van der Waals surface area contributed by atoms with E-state index >= 15 is 0 Å². The molecule has 0 aliphatic carbocycles. The average molecular weight is 290 g/mol. The molecule has 1 N–H and O–H groups in total. The first-order valence-corrected chi connectivity index (χ1v) is 7.54. The number of Topliss-reactive ketones (excluding diaryl/α,β-unsaturated/α-hetero) is 1. The van der Waals surface area contributed by atoms with Crippen molar-refractivity contribution >= 4 is 5.78 Å². The Morgan fingerprint density at radius 2 is 1.86 bits per heavy atom. The van der Waals surface area contributed by atoms with Gasteiger partial charge in [-0.25, -0.2) is 0 Å². The van der Waals surface area contributed by atoms with Crippen LogP contribution in [0.1, 0.15) is 35.3 Å². The maximum Gasteiger partial charge on any atom is 0.186 e. The van der Waals surface area contributed by atoms with Crippen LogP contribution in [0.2, 0.25) is 0 Å². The van der Waals surface area contributed by atoms with Gasteiger partial charge in [0.1, 0.15) is 5.75 Å². The van der Waals surface area contributed by atoms with E-state index in [1.807, 2.05) is 39.8 Å². The number of piperazine rings is 1. The fraction of sp³-hybridized carbons (Fsp3) is 0.588. The van der Waals surface area contributed by atoms with Crippen LogP contribution in [0.4, 0.5) is 0 Å². The summed E-state index contributed by atoms with van der Waals surface area (Å²) in [6.45, 7) is 11.7. The van der Waals surface area contributed by atoms with Gasteiger partial charge in [0, 0.05) is 26.2 Å². The lowest BCUT2D eigenvalue weighted by atomic mass is 9.88. The van der Waals surface area contributed by atoms with E-state index in [2.05, 4.69) is 10.2 Å². The van der Waals surface area contributed by atoms with Crippen molar-refractivity contribution in [2.45, 2.75) is 33.2 Å². The molecule has 1 aromatic carbocycles. The number of carbonyl (C=O) groups excluding carboxylic acids is 1. The van der Waals surface area contributed by atoms with Crippen molar-refractivity contribution in [3.05, 3.63) is 28.8 Å². The standard InChI is InChI=1S/C17H26N2O2/c1-12-6-7-14(15(21-5)13(12)2)16(20)17(3,4)19-10-8-18-9-11-19/h6-7,18H,8-11H2,1-5H3. The Hall–Kier alpha value is -1.39. The lowest BCUT2D eigenvalue weighted by Gasteiger charge is -2.40. The second-order valence-electron chi connectivity index (χ2n) is 6.21. The zero-order valence-electron chi connectivity index (χ0n) is 13.7. The van der Waals surface area contributed by atoms with Crippen molar-refractivity contribution in [2.75, 3.05) is 33.3 Å². The Labute approximate surface area is 127 Å². The normalized spacial score (nSPS) is 16.8. The zero-order chi connectivity index (χ0) is 15.6. The maximum absolute atomic E-state index is 13.1. The number of nitrogens with one attached hydrogen (secondary N) is 1.